The fraction of sp³-hybridized carbons (Fsp3) is 0.800. The Morgan fingerprint density at radius 2 is 2.22 bits per heavy atom. The summed E-state index contributed by atoms with van der Waals surface area (Å²) >= 11 is 0. The first-order valence-corrected chi connectivity index (χ1v) is 4.11. The second kappa shape index (κ2) is 4.49. The van der Waals surface area contributed by atoms with Crippen molar-refractivity contribution in [2.45, 2.75) is 6.92 Å². The molecule has 0 spiro atoms. The molecule has 1 unspecified atom stereocenters. The molecule has 0 fully saturated rings. The van der Waals surface area contributed by atoms with E-state index in [0.717, 1.165) is 0 Å². The lowest BCUT2D eigenvalue weighted by Crippen LogP contribution is -2.12. The van der Waals surface area contributed by atoms with Gasteiger partial charge in [0, 0.05) is 16.6 Å². The molecule has 0 rings (SSSR count). The maximum Gasteiger partial charge on any atom is 0.318 e. The van der Waals surface area contributed by atoms with E-state index in [0.29, 0.717) is 5.75 Å². The minimum atomic E-state index is -1.03. The molecule has 9 heavy (non-hydrogen) atoms. The Balaban J connectivity index is 3.47. The van der Waals surface area contributed by atoms with Crippen molar-refractivity contribution in [3.05, 3.63) is 0 Å². The van der Waals surface area contributed by atoms with Crippen molar-refractivity contribution < 1.29 is 13.7 Å². The van der Waals surface area contributed by atoms with Gasteiger partial charge in [-0.3, -0.25) is 9.00 Å². The Kier molecular flexibility index (Phi) is 4.30. The lowest BCUT2D eigenvalue weighted by Gasteiger charge is -1.94. The van der Waals surface area contributed by atoms with Crippen LogP contribution in [0.4, 0.5) is 0 Å². The van der Waals surface area contributed by atoms with Gasteiger partial charge in [0.1, 0.15) is 5.75 Å². The highest BCUT2D eigenvalue weighted by molar-refractivity contribution is 7.85. The lowest BCUT2D eigenvalue weighted by molar-refractivity contribution is -0.137. The predicted molar refractivity (Wildman–Crippen MR) is 35.6 cm³/mol. The number of rotatable bonds is 3. The number of hydrogen-bond acceptors (Lipinski definition) is 3. The Hall–Kier alpha value is -0.380. The molecule has 0 aliphatic heterocycles. The molecule has 0 saturated heterocycles. The van der Waals surface area contributed by atoms with Crippen LogP contribution in [0.2, 0.25) is 0 Å². The molecule has 0 heterocycles. The quantitative estimate of drug-likeness (QED) is 0.529. The zero-order valence-corrected chi connectivity index (χ0v) is 6.36. The fourth-order valence-corrected chi connectivity index (χ4v) is 0.877. The summed E-state index contributed by atoms with van der Waals surface area (Å²) in [5.74, 6) is 0.123. The number of carbonyl (C=O) groups is 1. The van der Waals surface area contributed by atoms with Gasteiger partial charge in [0.15, 0.2) is 0 Å². The van der Waals surface area contributed by atoms with Gasteiger partial charge >= 0.3 is 5.97 Å². The van der Waals surface area contributed by atoms with E-state index in [4.69, 9.17) is 0 Å². The van der Waals surface area contributed by atoms with Crippen molar-refractivity contribution in [3.63, 3.8) is 0 Å². The summed E-state index contributed by atoms with van der Waals surface area (Å²) in [6, 6.07) is 0. The highest BCUT2D eigenvalue weighted by Crippen LogP contribution is 1.82. The van der Waals surface area contributed by atoms with Crippen molar-refractivity contribution in [2.24, 2.45) is 0 Å². The summed E-state index contributed by atoms with van der Waals surface area (Å²) in [4.78, 5) is 10.4. The van der Waals surface area contributed by atoms with Gasteiger partial charge in [-0.2, -0.15) is 0 Å². The molecule has 1 atom stereocenters. The largest absolute Gasteiger partial charge is 0.468 e. The summed E-state index contributed by atoms with van der Waals surface area (Å²) in [5.41, 5.74) is 0. The van der Waals surface area contributed by atoms with Gasteiger partial charge in [-0.1, -0.05) is 6.92 Å². The van der Waals surface area contributed by atoms with Gasteiger partial charge in [-0.25, -0.2) is 0 Å². The highest BCUT2D eigenvalue weighted by Gasteiger charge is 2.03. The molecule has 0 bridgehead atoms. The van der Waals surface area contributed by atoms with E-state index in [1.807, 2.05) is 0 Å². The van der Waals surface area contributed by atoms with Gasteiger partial charge in [-0.05, 0) is 0 Å². The van der Waals surface area contributed by atoms with Gasteiger partial charge in [0.05, 0.1) is 7.11 Å². The summed E-state index contributed by atoms with van der Waals surface area (Å²) in [7, 11) is 0.255. The highest BCUT2D eigenvalue weighted by atomic mass is 32.2. The third-order valence-corrected chi connectivity index (χ3v) is 2.03. The minimum Gasteiger partial charge on any atom is -0.468 e. The van der Waals surface area contributed by atoms with Crippen LogP contribution >= 0.6 is 0 Å². The molecule has 0 N–H and O–H groups in total. The summed E-state index contributed by atoms with van der Waals surface area (Å²) < 4.78 is 14.9. The molecule has 0 radical (unpaired) electrons. The number of carbonyl (C=O) groups excluding carboxylic acids is 1. The lowest BCUT2D eigenvalue weighted by atomic mass is 10.8. The molecular formula is C5H10O3S. The van der Waals surface area contributed by atoms with Crippen LogP contribution < -0.4 is 0 Å². The zero-order valence-electron chi connectivity index (χ0n) is 5.55. The third kappa shape index (κ3) is 4.14. The normalized spacial score (nSPS) is 12.7. The maximum absolute atomic E-state index is 10.6. The van der Waals surface area contributed by atoms with E-state index < -0.39 is 16.8 Å². The van der Waals surface area contributed by atoms with E-state index >= 15 is 0 Å². The van der Waals surface area contributed by atoms with E-state index in [2.05, 4.69) is 4.74 Å². The second-order valence-corrected chi connectivity index (χ2v) is 3.19. The van der Waals surface area contributed by atoms with Crippen molar-refractivity contribution in [3.8, 4) is 0 Å². The number of methoxy groups -OCH3 is 1. The van der Waals surface area contributed by atoms with E-state index in [1.54, 1.807) is 6.92 Å². The van der Waals surface area contributed by atoms with Crippen molar-refractivity contribution in [1.29, 1.82) is 0 Å². The smallest absolute Gasteiger partial charge is 0.318 e. The SMILES string of the molecule is CCS(=O)CC(=O)OC. The van der Waals surface area contributed by atoms with E-state index in [-0.39, 0.29) is 5.75 Å². The fourth-order valence-electron chi connectivity index (χ4n) is 0.292. The Morgan fingerprint density at radius 3 is 2.56 bits per heavy atom. The number of hydrogen-bond donors (Lipinski definition) is 0. The molecular weight excluding hydrogens is 140 g/mol. The van der Waals surface area contributed by atoms with E-state index in [1.165, 1.54) is 7.11 Å². The second-order valence-electron chi connectivity index (χ2n) is 1.45. The van der Waals surface area contributed by atoms with E-state index in [9.17, 15) is 9.00 Å². The Labute approximate surface area is 56.8 Å². The summed E-state index contributed by atoms with van der Waals surface area (Å²) in [5, 5.41) is 0. The standard InChI is InChI=1S/C5H10O3S/c1-3-9(7)4-5(6)8-2/h3-4H2,1-2H3. The molecule has 0 aromatic heterocycles. The molecule has 0 aliphatic carbocycles. The van der Waals surface area contributed by atoms with Crippen LogP contribution in [0.15, 0.2) is 0 Å². The molecule has 3 nitrogen and oxygen atoms in total. The predicted octanol–water partition coefficient (Wildman–Crippen LogP) is -0.0720. The molecule has 4 heteroatoms. The number of ether oxygens (including phenoxy) is 1. The average molecular weight is 150 g/mol. The Bertz CT molecular complexity index is 107. The summed E-state index contributed by atoms with van der Waals surface area (Å²) in [6.07, 6.45) is 0. The monoisotopic (exact) mass is 150 g/mol. The van der Waals surface area contributed by atoms with Gasteiger partial charge in [0.2, 0.25) is 0 Å². The zero-order chi connectivity index (χ0) is 7.28. The van der Waals surface area contributed by atoms with Crippen LogP contribution in [0.25, 0.3) is 0 Å². The summed E-state index contributed by atoms with van der Waals surface area (Å²) in [6.45, 7) is 1.76. The molecule has 0 aliphatic rings. The van der Waals surface area contributed by atoms with Crippen LogP contribution in [0.1, 0.15) is 6.92 Å². The minimum absolute atomic E-state index is 0.0208. The molecule has 0 amide bonds. The van der Waals surface area contributed by atoms with Crippen LogP contribution in [-0.2, 0) is 20.3 Å². The van der Waals surface area contributed by atoms with Crippen LogP contribution in [0.3, 0.4) is 0 Å². The molecule has 0 aromatic carbocycles. The molecule has 0 aromatic rings. The van der Waals surface area contributed by atoms with Gasteiger partial charge in [0.25, 0.3) is 0 Å². The first kappa shape index (κ1) is 8.62. The molecule has 54 valence electrons. The first-order valence-electron chi connectivity index (χ1n) is 2.62. The van der Waals surface area contributed by atoms with Crippen LogP contribution in [-0.4, -0.2) is 28.8 Å². The Morgan fingerprint density at radius 1 is 1.67 bits per heavy atom. The van der Waals surface area contributed by atoms with Gasteiger partial charge in [-0.15, -0.1) is 0 Å². The van der Waals surface area contributed by atoms with Crippen LogP contribution in [0, 0.1) is 0 Å². The van der Waals surface area contributed by atoms with Crippen LogP contribution in [0.5, 0.6) is 0 Å². The molecule has 0 saturated carbocycles. The third-order valence-electron chi connectivity index (χ3n) is 0.828. The van der Waals surface area contributed by atoms with Crippen molar-refractivity contribution in [2.75, 3.05) is 18.6 Å². The first-order chi connectivity index (χ1) is 4.20. The van der Waals surface area contributed by atoms with Crippen molar-refractivity contribution in [1.82, 2.24) is 0 Å². The topological polar surface area (TPSA) is 43.4 Å². The van der Waals surface area contributed by atoms with Crippen molar-refractivity contribution >= 4 is 16.8 Å². The number of esters is 1. The maximum atomic E-state index is 10.6. The average Bonchev–Trinajstić information content (AvgIpc) is 1.87. The van der Waals surface area contributed by atoms with Gasteiger partial charge < -0.3 is 4.74 Å².